The molecule has 4 N–H and O–H groups in total. The van der Waals surface area contributed by atoms with E-state index >= 15 is 0 Å². The van der Waals surface area contributed by atoms with Crippen LogP contribution in [0.25, 0.3) is 0 Å². The molecular formula is C39H72NO10P. The highest BCUT2D eigenvalue weighted by molar-refractivity contribution is 7.47. The zero-order chi connectivity index (χ0) is 37.8. The number of phosphoric ester groups is 1. The Morgan fingerprint density at radius 1 is 0.608 bits per heavy atom. The molecule has 1 unspecified atom stereocenters. The minimum absolute atomic E-state index is 0.158. The van der Waals surface area contributed by atoms with Gasteiger partial charge in [-0.05, 0) is 44.9 Å². The number of hydrogen-bond acceptors (Lipinski definition) is 9. The molecule has 0 fully saturated rings. The molecule has 0 radical (unpaired) electrons. The molecular weight excluding hydrogens is 673 g/mol. The van der Waals surface area contributed by atoms with Gasteiger partial charge in [-0.1, -0.05) is 141 Å². The SMILES string of the molecule is CCCCC/C=C/C/C=C/CCCCCCCCCCCC(=O)O[C@@H](COC(=O)CCCCCCCCCC)COP(=O)(O)OC[C@H](N)C(=O)O. The van der Waals surface area contributed by atoms with Crippen molar-refractivity contribution < 1.29 is 47.5 Å². The minimum atomic E-state index is -4.70. The molecule has 0 aromatic carbocycles. The first kappa shape index (κ1) is 49.0. The summed E-state index contributed by atoms with van der Waals surface area (Å²) in [7, 11) is -4.70. The summed E-state index contributed by atoms with van der Waals surface area (Å²) in [5, 5.41) is 8.85. The van der Waals surface area contributed by atoms with E-state index in [1.165, 1.54) is 83.5 Å². The third-order valence-electron chi connectivity index (χ3n) is 8.45. The van der Waals surface area contributed by atoms with Gasteiger partial charge in [0, 0.05) is 12.8 Å². The summed E-state index contributed by atoms with van der Waals surface area (Å²) in [4.78, 5) is 45.7. The van der Waals surface area contributed by atoms with E-state index in [0.717, 1.165) is 51.4 Å². The predicted molar refractivity (Wildman–Crippen MR) is 203 cm³/mol. The molecule has 0 aromatic heterocycles. The molecule has 0 aliphatic rings. The number of nitrogens with two attached hydrogens (primary N) is 1. The van der Waals surface area contributed by atoms with Gasteiger partial charge in [0.05, 0.1) is 13.2 Å². The Kier molecular flexibility index (Phi) is 33.6. The van der Waals surface area contributed by atoms with Crippen molar-refractivity contribution in [2.24, 2.45) is 5.73 Å². The molecule has 0 saturated heterocycles. The van der Waals surface area contributed by atoms with Crippen LogP contribution in [0, 0.1) is 0 Å². The molecule has 0 aliphatic heterocycles. The third-order valence-corrected chi connectivity index (χ3v) is 9.40. The molecule has 0 aliphatic carbocycles. The molecule has 11 nitrogen and oxygen atoms in total. The molecule has 0 rings (SSSR count). The largest absolute Gasteiger partial charge is 0.480 e. The van der Waals surface area contributed by atoms with Crippen LogP contribution in [0.5, 0.6) is 0 Å². The number of ether oxygens (including phenoxy) is 2. The molecule has 51 heavy (non-hydrogen) atoms. The van der Waals surface area contributed by atoms with Crippen molar-refractivity contribution in [3.8, 4) is 0 Å². The summed E-state index contributed by atoms with van der Waals surface area (Å²) in [6.45, 7) is 2.73. The number of aliphatic carboxylic acids is 1. The average molecular weight is 746 g/mol. The number of unbranched alkanes of at least 4 members (excludes halogenated alkanes) is 19. The summed E-state index contributed by atoms with van der Waals surface area (Å²) in [5.74, 6) is -2.39. The summed E-state index contributed by atoms with van der Waals surface area (Å²) >= 11 is 0. The van der Waals surface area contributed by atoms with Crippen LogP contribution in [0.1, 0.15) is 174 Å². The first-order chi connectivity index (χ1) is 24.6. The Bertz CT molecular complexity index is 974. The van der Waals surface area contributed by atoms with Crippen LogP contribution in [-0.2, 0) is 37.5 Å². The van der Waals surface area contributed by atoms with E-state index in [4.69, 9.17) is 24.8 Å². The van der Waals surface area contributed by atoms with E-state index in [-0.39, 0.29) is 19.4 Å². The van der Waals surface area contributed by atoms with E-state index in [1.807, 2.05) is 0 Å². The molecule has 3 atom stereocenters. The van der Waals surface area contributed by atoms with E-state index in [1.54, 1.807) is 0 Å². The van der Waals surface area contributed by atoms with E-state index in [2.05, 4.69) is 42.7 Å². The average Bonchev–Trinajstić information content (AvgIpc) is 3.10. The standard InChI is InChI=1S/C39H72NO10P/c1-3-5-7-9-11-13-14-15-16-17-18-19-20-21-22-23-25-27-29-31-38(42)50-35(33-48-51(45,46)49-34-36(40)39(43)44)32-47-37(41)30-28-26-24-12-10-8-6-4-2/h11,13,15-16,35-36H,3-10,12,14,17-34,40H2,1-2H3,(H,43,44)(H,45,46)/b13-11+,16-15+/t35-,36-/m0/s1. The fourth-order valence-electron chi connectivity index (χ4n) is 5.27. The van der Waals surface area contributed by atoms with Gasteiger partial charge >= 0.3 is 25.7 Å². The van der Waals surface area contributed by atoms with Crippen molar-refractivity contribution in [1.29, 1.82) is 0 Å². The smallest absolute Gasteiger partial charge is 0.472 e. The predicted octanol–water partition coefficient (Wildman–Crippen LogP) is 9.89. The Morgan fingerprint density at radius 2 is 1.04 bits per heavy atom. The lowest BCUT2D eigenvalue weighted by Gasteiger charge is -2.20. The number of carboxylic acids is 1. The van der Waals surface area contributed by atoms with Gasteiger partial charge in [0.1, 0.15) is 12.6 Å². The number of carbonyl (C=O) groups is 3. The highest BCUT2D eigenvalue weighted by Gasteiger charge is 2.28. The maximum atomic E-state index is 12.6. The molecule has 0 spiro atoms. The monoisotopic (exact) mass is 745 g/mol. The Morgan fingerprint density at radius 3 is 1.57 bits per heavy atom. The van der Waals surface area contributed by atoms with Gasteiger partial charge in [-0.3, -0.25) is 23.4 Å². The number of hydrogen-bond donors (Lipinski definition) is 3. The van der Waals surface area contributed by atoms with Crippen LogP contribution in [0.3, 0.4) is 0 Å². The van der Waals surface area contributed by atoms with E-state index in [9.17, 15) is 23.8 Å². The van der Waals surface area contributed by atoms with Crippen molar-refractivity contribution in [2.75, 3.05) is 19.8 Å². The lowest BCUT2D eigenvalue weighted by atomic mass is 10.1. The zero-order valence-corrected chi connectivity index (χ0v) is 32.8. The first-order valence-electron chi connectivity index (χ1n) is 19.9. The molecule has 298 valence electrons. The Labute approximate surface area is 309 Å². The maximum Gasteiger partial charge on any atom is 0.472 e. The van der Waals surface area contributed by atoms with Gasteiger partial charge in [-0.25, -0.2) is 4.57 Å². The van der Waals surface area contributed by atoms with Crippen molar-refractivity contribution in [2.45, 2.75) is 187 Å². The zero-order valence-electron chi connectivity index (χ0n) is 31.9. The topological polar surface area (TPSA) is 172 Å². The van der Waals surface area contributed by atoms with Crippen molar-refractivity contribution in [1.82, 2.24) is 0 Å². The molecule has 0 heterocycles. The van der Waals surface area contributed by atoms with Crippen LogP contribution in [-0.4, -0.2) is 59.9 Å². The van der Waals surface area contributed by atoms with Crippen molar-refractivity contribution in [3.63, 3.8) is 0 Å². The molecule has 0 bridgehead atoms. The van der Waals surface area contributed by atoms with Gasteiger partial charge in [-0.15, -0.1) is 0 Å². The third kappa shape index (κ3) is 34.8. The van der Waals surface area contributed by atoms with Crippen LogP contribution < -0.4 is 5.73 Å². The Balaban J connectivity index is 4.32. The first-order valence-corrected chi connectivity index (χ1v) is 21.4. The van der Waals surface area contributed by atoms with E-state index in [0.29, 0.717) is 12.8 Å². The summed E-state index contributed by atoms with van der Waals surface area (Å²) in [5.41, 5.74) is 5.31. The maximum absolute atomic E-state index is 12.6. The van der Waals surface area contributed by atoms with Gasteiger partial charge in [0.15, 0.2) is 6.10 Å². The highest BCUT2D eigenvalue weighted by atomic mass is 31.2. The number of carbonyl (C=O) groups excluding carboxylic acids is 2. The fourth-order valence-corrected chi connectivity index (χ4v) is 6.05. The van der Waals surface area contributed by atoms with Crippen LogP contribution in [0.15, 0.2) is 24.3 Å². The number of phosphoric acid groups is 1. The molecule has 0 aromatic rings. The summed E-state index contributed by atoms with van der Waals surface area (Å²) in [6.07, 6.45) is 34.0. The second-order valence-electron chi connectivity index (χ2n) is 13.4. The summed E-state index contributed by atoms with van der Waals surface area (Å²) < 4.78 is 32.5. The quantitative estimate of drug-likeness (QED) is 0.0239. The lowest BCUT2D eigenvalue weighted by Crippen LogP contribution is -2.34. The van der Waals surface area contributed by atoms with Gasteiger partial charge in [-0.2, -0.15) is 0 Å². The summed E-state index contributed by atoms with van der Waals surface area (Å²) in [6, 6.07) is -1.52. The normalized spacial score (nSPS) is 14.1. The number of carboxylic acid groups (broad SMARTS) is 1. The van der Waals surface area contributed by atoms with E-state index < -0.39 is 51.1 Å². The minimum Gasteiger partial charge on any atom is -0.480 e. The van der Waals surface area contributed by atoms with Crippen molar-refractivity contribution in [3.05, 3.63) is 24.3 Å². The van der Waals surface area contributed by atoms with Crippen molar-refractivity contribution >= 4 is 25.7 Å². The molecule has 12 heteroatoms. The number of allylic oxidation sites excluding steroid dienone is 4. The molecule has 0 saturated carbocycles. The number of rotatable bonds is 37. The second kappa shape index (κ2) is 35.0. The van der Waals surface area contributed by atoms with Gasteiger partial charge < -0.3 is 25.2 Å². The lowest BCUT2D eigenvalue weighted by molar-refractivity contribution is -0.161. The second-order valence-corrected chi connectivity index (χ2v) is 14.9. The van der Waals surface area contributed by atoms with Gasteiger partial charge in [0.25, 0.3) is 0 Å². The number of esters is 2. The van der Waals surface area contributed by atoms with Crippen LogP contribution in [0.4, 0.5) is 0 Å². The van der Waals surface area contributed by atoms with Crippen LogP contribution >= 0.6 is 7.82 Å². The highest BCUT2D eigenvalue weighted by Crippen LogP contribution is 2.43. The molecule has 0 amide bonds. The van der Waals surface area contributed by atoms with Crippen LogP contribution in [0.2, 0.25) is 0 Å². The van der Waals surface area contributed by atoms with Gasteiger partial charge in [0.2, 0.25) is 0 Å². The fraction of sp³-hybridized carbons (Fsp3) is 0.821. The Hall–Kier alpha value is -2.04.